The number of rotatable bonds is 2. The molecule has 0 aliphatic carbocycles. The van der Waals surface area contributed by atoms with Gasteiger partial charge in [-0.1, -0.05) is 0 Å². The van der Waals surface area contributed by atoms with Gasteiger partial charge in [0.15, 0.2) is 18.2 Å². The predicted molar refractivity (Wildman–Crippen MR) is 57.2 cm³/mol. The van der Waals surface area contributed by atoms with Crippen LogP contribution in [0.1, 0.15) is 25.8 Å². The van der Waals surface area contributed by atoms with Crippen LogP contribution in [0.4, 0.5) is 0 Å². The van der Waals surface area contributed by atoms with E-state index in [0.29, 0.717) is 5.82 Å². The molecule has 2 fully saturated rings. The second kappa shape index (κ2) is 3.95. The van der Waals surface area contributed by atoms with E-state index in [1.807, 2.05) is 13.8 Å². The molecule has 0 N–H and O–H groups in total. The van der Waals surface area contributed by atoms with Crippen molar-refractivity contribution in [2.24, 2.45) is 7.05 Å². The zero-order valence-corrected chi connectivity index (χ0v) is 10.7. The molecule has 100 valence electrons. The monoisotopic (exact) mass is 256 g/mol. The third-order valence-electron chi connectivity index (χ3n) is 3.02. The smallest absolute Gasteiger partial charge is 0.206 e. The Morgan fingerprint density at radius 3 is 2.61 bits per heavy atom. The molecule has 8 nitrogen and oxygen atoms in total. The number of aryl methyl sites for hydroxylation is 1. The van der Waals surface area contributed by atoms with Crippen molar-refractivity contribution < 1.29 is 18.9 Å². The minimum absolute atomic E-state index is 0.279. The van der Waals surface area contributed by atoms with E-state index in [4.69, 9.17) is 18.9 Å². The minimum atomic E-state index is -0.656. The van der Waals surface area contributed by atoms with Crippen molar-refractivity contribution in [2.45, 2.75) is 44.2 Å². The first-order valence-electron chi connectivity index (χ1n) is 5.78. The number of hydrogen-bond acceptors (Lipinski definition) is 7. The Labute approximate surface area is 104 Å². The van der Waals surface area contributed by atoms with Gasteiger partial charge in [-0.2, -0.15) is 4.80 Å². The van der Waals surface area contributed by atoms with Gasteiger partial charge in [0.2, 0.25) is 5.82 Å². The van der Waals surface area contributed by atoms with Gasteiger partial charge >= 0.3 is 0 Å². The molecule has 8 heteroatoms. The summed E-state index contributed by atoms with van der Waals surface area (Å²) < 4.78 is 22.6. The third-order valence-corrected chi connectivity index (χ3v) is 3.02. The number of hydrogen-bond donors (Lipinski definition) is 0. The molecule has 2 saturated heterocycles. The van der Waals surface area contributed by atoms with E-state index in [-0.39, 0.29) is 12.2 Å². The van der Waals surface area contributed by atoms with Crippen LogP contribution in [0, 0.1) is 0 Å². The van der Waals surface area contributed by atoms with E-state index < -0.39 is 18.2 Å². The van der Waals surface area contributed by atoms with Crippen LogP contribution in [0.2, 0.25) is 0 Å². The highest BCUT2D eigenvalue weighted by Crippen LogP contribution is 2.44. The SMILES string of the molecule is COC1OC(c2nnn(C)n2)[C@H]2OC(C)(C)O[C@@H]12. The average Bonchev–Trinajstić information content (AvgIpc) is 2.91. The molecule has 3 rings (SSSR count). The fraction of sp³-hybridized carbons (Fsp3) is 0.900. The van der Waals surface area contributed by atoms with Crippen LogP contribution >= 0.6 is 0 Å². The molecule has 2 unspecified atom stereocenters. The largest absolute Gasteiger partial charge is 0.353 e. The van der Waals surface area contributed by atoms with Crippen molar-refractivity contribution in [3.63, 3.8) is 0 Å². The Morgan fingerprint density at radius 2 is 2.00 bits per heavy atom. The molecule has 2 aliphatic heterocycles. The van der Waals surface area contributed by atoms with E-state index in [2.05, 4.69) is 15.4 Å². The van der Waals surface area contributed by atoms with Crippen molar-refractivity contribution in [3.8, 4) is 0 Å². The van der Waals surface area contributed by atoms with Gasteiger partial charge < -0.3 is 18.9 Å². The molecule has 0 spiro atoms. The van der Waals surface area contributed by atoms with Gasteiger partial charge in [-0.3, -0.25) is 0 Å². The number of tetrazole rings is 1. The molecule has 1 aromatic rings. The van der Waals surface area contributed by atoms with Gasteiger partial charge in [-0.15, -0.1) is 10.2 Å². The van der Waals surface area contributed by atoms with E-state index in [9.17, 15) is 0 Å². The molecule has 0 radical (unpaired) electrons. The Kier molecular flexibility index (Phi) is 2.63. The Balaban J connectivity index is 1.88. The molecule has 18 heavy (non-hydrogen) atoms. The fourth-order valence-electron chi connectivity index (χ4n) is 2.37. The fourth-order valence-corrected chi connectivity index (χ4v) is 2.37. The standard InChI is InChI=1S/C10H16N4O4/c1-10(2)17-5-6(8-11-13-14(3)12-8)16-9(15-4)7(5)18-10/h5-7,9H,1-4H3/t5-,6?,7-,9?/m1/s1. The molecule has 0 bridgehead atoms. The van der Waals surface area contributed by atoms with Gasteiger partial charge in [0.1, 0.15) is 12.2 Å². The highest BCUT2D eigenvalue weighted by Gasteiger charge is 2.57. The summed E-state index contributed by atoms with van der Waals surface area (Å²) in [4.78, 5) is 1.38. The quantitative estimate of drug-likeness (QED) is 0.723. The minimum Gasteiger partial charge on any atom is -0.353 e. The normalized spacial score (nSPS) is 38.0. The summed E-state index contributed by atoms with van der Waals surface area (Å²) in [7, 11) is 3.27. The Hall–Kier alpha value is -1.09. The summed E-state index contributed by atoms with van der Waals surface area (Å²) >= 11 is 0. The van der Waals surface area contributed by atoms with Crippen LogP contribution in [0.25, 0.3) is 0 Å². The first kappa shape index (κ1) is 12.0. The Morgan fingerprint density at radius 1 is 1.28 bits per heavy atom. The van der Waals surface area contributed by atoms with Crippen LogP contribution < -0.4 is 0 Å². The first-order chi connectivity index (χ1) is 8.50. The van der Waals surface area contributed by atoms with Crippen LogP contribution in [-0.4, -0.2) is 51.6 Å². The summed E-state index contributed by atoms with van der Waals surface area (Å²) in [5.41, 5.74) is 0. The highest BCUT2D eigenvalue weighted by atomic mass is 16.8. The summed E-state index contributed by atoms with van der Waals surface area (Å²) in [6.07, 6.45) is -1.46. The second-order valence-electron chi connectivity index (χ2n) is 4.86. The van der Waals surface area contributed by atoms with Crippen LogP contribution in [0.5, 0.6) is 0 Å². The maximum Gasteiger partial charge on any atom is 0.206 e. The molecule has 1 aromatic heterocycles. The molecular weight excluding hydrogens is 240 g/mol. The number of methoxy groups -OCH3 is 1. The molecule has 2 aliphatic rings. The number of ether oxygens (including phenoxy) is 4. The highest BCUT2D eigenvalue weighted by molar-refractivity contribution is 5.02. The van der Waals surface area contributed by atoms with Crippen LogP contribution in [0.15, 0.2) is 0 Å². The summed E-state index contributed by atoms with van der Waals surface area (Å²) in [5, 5.41) is 11.9. The zero-order chi connectivity index (χ0) is 12.9. The lowest BCUT2D eigenvalue weighted by Gasteiger charge is -2.22. The van der Waals surface area contributed by atoms with Gasteiger partial charge in [-0.25, -0.2) is 0 Å². The number of fused-ring (bicyclic) bond motifs is 1. The van der Waals surface area contributed by atoms with Crippen molar-refractivity contribution in [2.75, 3.05) is 7.11 Å². The number of nitrogens with zero attached hydrogens (tertiary/aromatic N) is 4. The van der Waals surface area contributed by atoms with Crippen molar-refractivity contribution in [1.82, 2.24) is 20.2 Å². The lowest BCUT2D eigenvalue weighted by Crippen LogP contribution is -2.30. The van der Waals surface area contributed by atoms with Gasteiger partial charge in [0.05, 0.1) is 7.05 Å². The lowest BCUT2D eigenvalue weighted by molar-refractivity contribution is -0.229. The summed E-state index contributed by atoms with van der Waals surface area (Å²) in [6, 6.07) is 0. The topological polar surface area (TPSA) is 80.5 Å². The molecule has 0 saturated carbocycles. The molecule has 3 heterocycles. The van der Waals surface area contributed by atoms with Gasteiger partial charge in [0.25, 0.3) is 0 Å². The van der Waals surface area contributed by atoms with E-state index in [1.54, 1.807) is 14.2 Å². The molecule has 0 aromatic carbocycles. The van der Waals surface area contributed by atoms with Crippen LogP contribution in [-0.2, 0) is 26.0 Å². The summed E-state index contributed by atoms with van der Waals surface area (Å²) in [6.45, 7) is 3.72. The van der Waals surface area contributed by atoms with E-state index in [0.717, 1.165) is 0 Å². The number of aromatic nitrogens is 4. The second-order valence-corrected chi connectivity index (χ2v) is 4.86. The van der Waals surface area contributed by atoms with Crippen molar-refractivity contribution in [3.05, 3.63) is 5.82 Å². The summed E-state index contributed by atoms with van der Waals surface area (Å²) in [5.74, 6) is -0.176. The lowest BCUT2D eigenvalue weighted by atomic mass is 10.1. The third kappa shape index (κ3) is 1.81. The van der Waals surface area contributed by atoms with Crippen molar-refractivity contribution in [1.29, 1.82) is 0 Å². The average molecular weight is 256 g/mol. The maximum absolute atomic E-state index is 5.84. The first-order valence-corrected chi connectivity index (χ1v) is 5.78. The predicted octanol–water partition coefficient (Wildman–Crippen LogP) is -0.226. The van der Waals surface area contributed by atoms with E-state index in [1.165, 1.54) is 4.80 Å². The maximum atomic E-state index is 5.84. The van der Waals surface area contributed by atoms with Gasteiger partial charge in [-0.05, 0) is 19.1 Å². The Bertz CT molecular complexity index is 449. The van der Waals surface area contributed by atoms with Crippen LogP contribution in [0.3, 0.4) is 0 Å². The molecule has 4 atom stereocenters. The van der Waals surface area contributed by atoms with Gasteiger partial charge in [0, 0.05) is 7.11 Å². The van der Waals surface area contributed by atoms with Crippen molar-refractivity contribution >= 4 is 0 Å². The zero-order valence-electron chi connectivity index (χ0n) is 10.7. The molecular formula is C10H16N4O4. The van der Waals surface area contributed by atoms with E-state index >= 15 is 0 Å². The molecule has 0 amide bonds.